The molecule has 0 amide bonds. The maximum Gasteiger partial charge on any atom is 0.224 e. The molecule has 146 valence electrons. The first-order valence-electron chi connectivity index (χ1n) is 9.04. The Balaban J connectivity index is 1.78. The predicted octanol–water partition coefficient (Wildman–Crippen LogP) is 4.93. The van der Waals surface area contributed by atoms with Gasteiger partial charge in [0.2, 0.25) is 9.84 Å². The van der Waals surface area contributed by atoms with E-state index in [0.717, 1.165) is 21.9 Å². The fourth-order valence-electron chi connectivity index (χ4n) is 3.27. The number of halogens is 1. The van der Waals surface area contributed by atoms with Gasteiger partial charge in [-0.1, -0.05) is 36.4 Å². The number of pyridine rings is 1. The lowest BCUT2D eigenvalue weighted by molar-refractivity contribution is 0.195. The molecular weight excluding hydrogens is 389 g/mol. The summed E-state index contributed by atoms with van der Waals surface area (Å²) in [5.74, 6) is -0.296. The highest BCUT2D eigenvalue weighted by atomic mass is 32.2. The molecule has 0 saturated carbocycles. The number of sulfone groups is 1. The number of hydrogen-bond acceptors (Lipinski definition) is 4. The number of benzene rings is 3. The highest BCUT2D eigenvalue weighted by Gasteiger charge is 2.24. The summed E-state index contributed by atoms with van der Waals surface area (Å²) in [6.45, 7) is 1.51. The number of aromatic nitrogens is 1. The van der Waals surface area contributed by atoms with E-state index in [2.05, 4.69) is 4.98 Å². The first-order chi connectivity index (χ1) is 13.9. The van der Waals surface area contributed by atoms with Crippen LogP contribution in [-0.4, -0.2) is 18.5 Å². The highest BCUT2D eigenvalue weighted by Crippen LogP contribution is 2.30. The van der Waals surface area contributed by atoms with Crippen LogP contribution in [0.2, 0.25) is 0 Å². The molecule has 0 saturated heterocycles. The normalized spacial score (nSPS) is 12.8. The molecule has 0 fully saturated rings. The molecule has 1 atom stereocenters. The lowest BCUT2D eigenvalue weighted by Crippen LogP contribution is -2.09. The molecule has 1 heterocycles. The second kappa shape index (κ2) is 7.39. The summed E-state index contributed by atoms with van der Waals surface area (Å²) in [6, 6.07) is 19.9. The van der Waals surface area contributed by atoms with Crippen molar-refractivity contribution in [3.05, 3.63) is 90.4 Å². The van der Waals surface area contributed by atoms with Crippen molar-refractivity contribution in [1.29, 1.82) is 0 Å². The van der Waals surface area contributed by atoms with Gasteiger partial charge in [-0.05, 0) is 65.2 Å². The third-order valence-corrected chi connectivity index (χ3v) is 6.53. The van der Waals surface area contributed by atoms with Crippen LogP contribution in [0.4, 0.5) is 4.39 Å². The van der Waals surface area contributed by atoms with Crippen LogP contribution < -0.4 is 0 Å². The number of aliphatic hydroxyl groups excluding tert-OH is 1. The smallest absolute Gasteiger partial charge is 0.224 e. The molecule has 1 aromatic heterocycles. The van der Waals surface area contributed by atoms with Gasteiger partial charge >= 0.3 is 0 Å². The van der Waals surface area contributed by atoms with Crippen LogP contribution in [0.5, 0.6) is 0 Å². The van der Waals surface area contributed by atoms with Crippen molar-refractivity contribution < 1.29 is 17.9 Å². The lowest BCUT2D eigenvalue weighted by atomic mass is 10.0. The Bertz CT molecular complexity index is 1300. The molecular formula is C23H18FNO3S. The number of hydrogen-bond donors (Lipinski definition) is 1. The molecule has 1 N–H and O–H groups in total. The molecule has 3 aromatic carbocycles. The van der Waals surface area contributed by atoms with E-state index < -0.39 is 15.9 Å². The van der Waals surface area contributed by atoms with E-state index in [-0.39, 0.29) is 21.3 Å². The quantitative estimate of drug-likeness (QED) is 0.521. The van der Waals surface area contributed by atoms with Gasteiger partial charge in [-0.3, -0.25) is 0 Å². The summed E-state index contributed by atoms with van der Waals surface area (Å²) in [5, 5.41) is 11.4. The number of nitrogens with zero attached hydrogens (tertiary/aromatic N) is 1. The largest absolute Gasteiger partial charge is 0.389 e. The van der Waals surface area contributed by atoms with Crippen molar-refractivity contribution in [3.63, 3.8) is 0 Å². The Morgan fingerprint density at radius 1 is 0.897 bits per heavy atom. The summed E-state index contributed by atoms with van der Waals surface area (Å²) in [6.07, 6.45) is 0.446. The third-order valence-electron chi connectivity index (χ3n) is 4.80. The summed E-state index contributed by atoms with van der Waals surface area (Å²) < 4.78 is 39.4. The lowest BCUT2D eigenvalue weighted by Gasteiger charge is -2.12. The van der Waals surface area contributed by atoms with Crippen molar-refractivity contribution in [3.8, 4) is 11.1 Å². The minimum atomic E-state index is -3.89. The van der Waals surface area contributed by atoms with Gasteiger partial charge in [-0.25, -0.2) is 17.8 Å². The second-order valence-corrected chi connectivity index (χ2v) is 8.67. The van der Waals surface area contributed by atoms with E-state index in [1.807, 2.05) is 18.2 Å². The maximum atomic E-state index is 13.2. The molecule has 0 aliphatic heterocycles. The molecule has 0 aliphatic carbocycles. The topological polar surface area (TPSA) is 67.3 Å². The molecule has 0 bridgehead atoms. The Morgan fingerprint density at radius 3 is 2.28 bits per heavy atom. The molecule has 4 rings (SSSR count). The van der Waals surface area contributed by atoms with Crippen LogP contribution in [0.25, 0.3) is 21.9 Å². The standard InChI is InChI=1S/C23H18FNO3S/c1-15(26)22-3-2-12-25-23(22)29(27,28)21-11-8-18-13-17(4-5-19(18)14-21)16-6-9-20(24)10-7-16/h2-15,26H,1H3/t15-/m0/s1. The summed E-state index contributed by atoms with van der Waals surface area (Å²) >= 11 is 0. The van der Waals surface area contributed by atoms with Crippen molar-refractivity contribution in [2.24, 2.45) is 0 Å². The van der Waals surface area contributed by atoms with Gasteiger partial charge in [0.1, 0.15) is 5.82 Å². The number of fused-ring (bicyclic) bond motifs is 1. The first-order valence-corrected chi connectivity index (χ1v) is 10.5. The van der Waals surface area contributed by atoms with Gasteiger partial charge in [0, 0.05) is 11.8 Å². The average molecular weight is 407 g/mol. The number of rotatable bonds is 4. The van der Waals surface area contributed by atoms with Gasteiger partial charge in [-0.15, -0.1) is 0 Å². The monoisotopic (exact) mass is 407 g/mol. The molecule has 0 unspecified atom stereocenters. The van der Waals surface area contributed by atoms with E-state index in [1.54, 1.807) is 36.4 Å². The molecule has 4 aromatic rings. The second-order valence-electron chi connectivity index (χ2n) is 6.81. The van der Waals surface area contributed by atoms with Crippen molar-refractivity contribution in [2.45, 2.75) is 22.9 Å². The summed E-state index contributed by atoms with van der Waals surface area (Å²) in [4.78, 5) is 4.12. The van der Waals surface area contributed by atoms with Gasteiger partial charge < -0.3 is 5.11 Å². The van der Waals surface area contributed by atoms with Gasteiger partial charge in [0.15, 0.2) is 5.03 Å². The van der Waals surface area contributed by atoms with Gasteiger partial charge in [0.05, 0.1) is 11.0 Å². The van der Waals surface area contributed by atoms with Crippen LogP contribution in [0.15, 0.2) is 88.9 Å². The summed E-state index contributed by atoms with van der Waals surface area (Å²) in [5.41, 5.74) is 2.05. The zero-order valence-electron chi connectivity index (χ0n) is 15.6. The van der Waals surface area contributed by atoms with Crippen molar-refractivity contribution in [1.82, 2.24) is 4.98 Å². The fraction of sp³-hybridized carbons (Fsp3) is 0.0870. The van der Waals surface area contributed by atoms with Crippen LogP contribution in [0.3, 0.4) is 0 Å². The fourth-order valence-corrected chi connectivity index (χ4v) is 4.77. The molecule has 0 spiro atoms. The van der Waals surface area contributed by atoms with Crippen molar-refractivity contribution in [2.75, 3.05) is 0 Å². The van der Waals surface area contributed by atoms with E-state index in [9.17, 15) is 17.9 Å². The SMILES string of the molecule is C[C@H](O)c1cccnc1S(=O)(=O)c1ccc2cc(-c3ccc(F)cc3)ccc2c1. The van der Waals surface area contributed by atoms with Crippen LogP contribution in [0, 0.1) is 5.82 Å². The summed E-state index contributed by atoms with van der Waals surface area (Å²) in [7, 11) is -3.89. The molecule has 4 nitrogen and oxygen atoms in total. The number of aliphatic hydroxyl groups is 1. The Hall–Kier alpha value is -3.09. The zero-order chi connectivity index (χ0) is 20.6. The Kier molecular flexibility index (Phi) is 4.90. The van der Waals surface area contributed by atoms with Gasteiger partial charge in [0.25, 0.3) is 0 Å². The molecule has 0 aliphatic rings. The Labute approximate surface area is 168 Å². The van der Waals surface area contributed by atoms with Crippen LogP contribution in [-0.2, 0) is 9.84 Å². The predicted molar refractivity (Wildman–Crippen MR) is 110 cm³/mol. The van der Waals surface area contributed by atoms with E-state index in [1.165, 1.54) is 31.3 Å². The third kappa shape index (κ3) is 3.64. The molecule has 29 heavy (non-hydrogen) atoms. The van der Waals surface area contributed by atoms with Crippen LogP contribution in [0.1, 0.15) is 18.6 Å². The average Bonchev–Trinajstić information content (AvgIpc) is 2.73. The van der Waals surface area contributed by atoms with E-state index >= 15 is 0 Å². The van der Waals surface area contributed by atoms with Crippen molar-refractivity contribution >= 4 is 20.6 Å². The van der Waals surface area contributed by atoms with E-state index in [4.69, 9.17) is 0 Å². The molecule has 0 radical (unpaired) electrons. The van der Waals surface area contributed by atoms with E-state index in [0.29, 0.717) is 0 Å². The maximum absolute atomic E-state index is 13.2. The zero-order valence-corrected chi connectivity index (χ0v) is 16.4. The minimum Gasteiger partial charge on any atom is -0.389 e. The van der Waals surface area contributed by atoms with Crippen LogP contribution >= 0.6 is 0 Å². The Morgan fingerprint density at radius 2 is 1.55 bits per heavy atom. The first kappa shape index (κ1) is 19.2. The minimum absolute atomic E-state index is 0.111. The molecule has 6 heteroatoms. The highest BCUT2D eigenvalue weighted by molar-refractivity contribution is 7.91. The van der Waals surface area contributed by atoms with Gasteiger partial charge in [-0.2, -0.15) is 0 Å².